The lowest BCUT2D eigenvalue weighted by atomic mass is 9.85. The van der Waals surface area contributed by atoms with Crippen LogP contribution in [0.2, 0.25) is 0 Å². The smallest absolute Gasteiger partial charge is 0.0537 e. The molecule has 0 spiro atoms. The maximum Gasteiger partial charge on any atom is 0.0537 e. The summed E-state index contributed by atoms with van der Waals surface area (Å²) in [4.78, 5) is 2.54. The minimum atomic E-state index is 0.0682. The average Bonchev–Trinajstić information content (AvgIpc) is 2.72. The summed E-state index contributed by atoms with van der Waals surface area (Å²) in [5, 5.41) is 4.20. The van der Waals surface area contributed by atoms with Crippen LogP contribution in [-0.4, -0.2) is 33.8 Å². The Hall–Kier alpha value is -0.870. The fraction of sp³-hybridized carbons (Fsp3) is 0.786. The summed E-state index contributed by atoms with van der Waals surface area (Å²) in [5.74, 6) is 1.53. The SMILES string of the molecule is CC1CC(C)C(C)N(CC(N)c2cnn(C)c2)C1. The van der Waals surface area contributed by atoms with Crippen LogP contribution in [0.1, 0.15) is 38.8 Å². The van der Waals surface area contributed by atoms with Crippen LogP contribution in [0.15, 0.2) is 12.4 Å². The van der Waals surface area contributed by atoms with Crippen molar-refractivity contribution in [3.05, 3.63) is 18.0 Å². The van der Waals surface area contributed by atoms with Gasteiger partial charge >= 0.3 is 0 Å². The third-order valence-electron chi connectivity index (χ3n) is 4.30. The fourth-order valence-electron chi connectivity index (χ4n) is 3.06. The van der Waals surface area contributed by atoms with E-state index < -0.39 is 0 Å². The maximum atomic E-state index is 6.30. The first-order valence-electron chi connectivity index (χ1n) is 6.95. The van der Waals surface area contributed by atoms with Crippen molar-refractivity contribution in [3.8, 4) is 0 Å². The zero-order valence-corrected chi connectivity index (χ0v) is 12.0. The van der Waals surface area contributed by atoms with Crippen molar-refractivity contribution in [1.29, 1.82) is 0 Å². The molecule has 2 rings (SSSR count). The summed E-state index contributed by atoms with van der Waals surface area (Å²) in [5.41, 5.74) is 7.43. The summed E-state index contributed by atoms with van der Waals surface area (Å²) in [6, 6.07) is 0.697. The molecule has 4 atom stereocenters. The largest absolute Gasteiger partial charge is 0.323 e. The summed E-state index contributed by atoms with van der Waals surface area (Å²) in [7, 11) is 1.93. The van der Waals surface area contributed by atoms with Crippen molar-refractivity contribution in [2.24, 2.45) is 24.6 Å². The van der Waals surface area contributed by atoms with Crippen LogP contribution in [0.5, 0.6) is 0 Å². The second-order valence-electron chi connectivity index (χ2n) is 6.07. The monoisotopic (exact) mass is 250 g/mol. The Morgan fingerprint density at radius 3 is 2.78 bits per heavy atom. The zero-order chi connectivity index (χ0) is 13.3. The molecule has 1 fully saturated rings. The van der Waals surface area contributed by atoms with Crippen LogP contribution in [0.4, 0.5) is 0 Å². The number of piperidine rings is 1. The number of aromatic nitrogens is 2. The van der Waals surface area contributed by atoms with E-state index in [4.69, 9.17) is 5.73 Å². The molecule has 1 aromatic rings. The molecule has 0 saturated carbocycles. The molecule has 1 aromatic heterocycles. The molecule has 0 aromatic carbocycles. The first-order chi connectivity index (χ1) is 8.47. The van der Waals surface area contributed by atoms with Gasteiger partial charge in [0.05, 0.1) is 6.20 Å². The van der Waals surface area contributed by atoms with Crippen molar-refractivity contribution in [2.75, 3.05) is 13.1 Å². The van der Waals surface area contributed by atoms with Gasteiger partial charge in [0.25, 0.3) is 0 Å². The quantitative estimate of drug-likeness (QED) is 0.889. The Bertz CT molecular complexity index is 387. The molecule has 4 heteroatoms. The van der Waals surface area contributed by atoms with Crippen molar-refractivity contribution < 1.29 is 0 Å². The lowest BCUT2D eigenvalue weighted by Gasteiger charge is -2.42. The lowest BCUT2D eigenvalue weighted by molar-refractivity contribution is 0.0742. The van der Waals surface area contributed by atoms with Gasteiger partial charge in [0, 0.05) is 44.0 Å². The van der Waals surface area contributed by atoms with Gasteiger partial charge in [0.2, 0.25) is 0 Å². The van der Waals surface area contributed by atoms with Crippen LogP contribution >= 0.6 is 0 Å². The highest BCUT2D eigenvalue weighted by Crippen LogP contribution is 2.28. The molecule has 2 N–H and O–H groups in total. The second kappa shape index (κ2) is 5.41. The van der Waals surface area contributed by atoms with Crippen LogP contribution in [0.25, 0.3) is 0 Å². The van der Waals surface area contributed by atoms with E-state index in [0.717, 1.165) is 23.9 Å². The van der Waals surface area contributed by atoms with Gasteiger partial charge in [0.15, 0.2) is 0 Å². The van der Waals surface area contributed by atoms with E-state index in [1.165, 1.54) is 13.0 Å². The molecule has 0 aliphatic carbocycles. The molecule has 4 nitrogen and oxygen atoms in total. The lowest BCUT2D eigenvalue weighted by Crippen LogP contribution is -2.48. The third kappa shape index (κ3) is 2.93. The van der Waals surface area contributed by atoms with Crippen molar-refractivity contribution >= 4 is 0 Å². The number of nitrogens with two attached hydrogens (primary N) is 1. The van der Waals surface area contributed by atoms with Gasteiger partial charge in [-0.2, -0.15) is 5.10 Å². The molecular weight excluding hydrogens is 224 g/mol. The second-order valence-corrected chi connectivity index (χ2v) is 6.07. The van der Waals surface area contributed by atoms with Crippen molar-refractivity contribution in [2.45, 2.75) is 39.3 Å². The molecule has 102 valence electrons. The van der Waals surface area contributed by atoms with Gasteiger partial charge in [0.1, 0.15) is 0 Å². The highest BCUT2D eigenvalue weighted by molar-refractivity contribution is 5.10. The first kappa shape index (κ1) is 13.6. The highest BCUT2D eigenvalue weighted by atomic mass is 15.2. The van der Waals surface area contributed by atoms with E-state index in [1.807, 2.05) is 24.1 Å². The molecule has 1 saturated heterocycles. The topological polar surface area (TPSA) is 47.1 Å². The molecule has 1 aliphatic heterocycles. The summed E-state index contributed by atoms with van der Waals surface area (Å²) < 4.78 is 1.82. The van der Waals surface area contributed by atoms with Gasteiger partial charge in [-0.15, -0.1) is 0 Å². The van der Waals surface area contributed by atoms with Crippen LogP contribution < -0.4 is 5.73 Å². The third-order valence-corrected chi connectivity index (χ3v) is 4.30. The van der Waals surface area contributed by atoms with E-state index in [0.29, 0.717) is 6.04 Å². The summed E-state index contributed by atoms with van der Waals surface area (Å²) >= 11 is 0. The molecule has 0 radical (unpaired) electrons. The molecule has 18 heavy (non-hydrogen) atoms. The van der Waals surface area contributed by atoms with Gasteiger partial charge in [-0.3, -0.25) is 9.58 Å². The number of hydrogen-bond donors (Lipinski definition) is 1. The van der Waals surface area contributed by atoms with E-state index >= 15 is 0 Å². The van der Waals surface area contributed by atoms with Gasteiger partial charge in [-0.25, -0.2) is 0 Å². The van der Waals surface area contributed by atoms with E-state index in [1.54, 1.807) is 0 Å². The first-order valence-corrected chi connectivity index (χ1v) is 6.95. The summed E-state index contributed by atoms with van der Waals surface area (Å²) in [6.07, 6.45) is 5.23. The number of aryl methyl sites for hydroxylation is 1. The van der Waals surface area contributed by atoms with Gasteiger partial charge in [-0.1, -0.05) is 13.8 Å². The predicted octanol–water partition coefficient (Wildman–Crippen LogP) is 1.79. The molecule has 2 heterocycles. The molecule has 0 bridgehead atoms. The van der Waals surface area contributed by atoms with E-state index in [2.05, 4.69) is 30.8 Å². The molecule has 1 aliphatic rings. The average molecular weight is 250 g/mol. The van der Waals surface area contributed by atoms with Gasteiger partial charge < -0.3 is 5.73 Å². The van der Waals surface area contributed by atoms with E-state index in [-0.39, 0.29) is 6.04 Å². The number of rotatable bonds is 3. The highest BCUT2D eigenvalue weighted by Gasteiger charge is 2.29. The van der Waals surface area contributed by atoms with E-state index in [9.17, 15) is 0 Å². The maximum absolute atomic E-state index is 6.30. The molecule has 0 amide bonds. The van der Waals surface area contributed by atoms with Crippen LogP contribution in [-0.2, 0) is 7.05 Å². The van der Waals surface area contributed by atoms with Crippen molar-refractivity contribution in [1.82, 2.24) is 14.7 Å². The van der Waals surface area contributed by atoms with Crippen molar-refractivity contribution in [3.63, 3.8) is 0 Å². The van der Waals surface area contributed by atoms with Crippen LogP contribution in [0, 0.1) is 11.8 Å². The molecular formula is C14H26N4. The summed E-state index contributed by atoms with van der Waals surface area (Å²) in [6.45, 7) is 9.11. The predicted molar refractivity (Wildman–Crippen MR) is 74.1 cm³/mol. The Morgan fingerprint density at radius 2 is 2.17 bits per heavy atom. The number of nitrogens with zero attached hydrogens (tertiary/aromatic N) is 3. The number of hydrogen-bond acceptors (Lipinski definition) is 3. The Morgan fingerprint density at radius 1 is 1.44 bits per heavy atom. The zero-order valence-electron chi connectivity index (χ0n) is 12.0. The van der Waals surface area contributed by atoms with Gasteiger partial charge in [-0.05, 0) is 25.2 Å². The minimum Gasteiger partial charge on any atom is -0.323 e. The normalized spacial score (nSPS) is 31.5. The Labute approximate surface area is 110 Å². The Kier molecular flexibility index (Phi) is 4.07. The fourth-order valence-corrected chi connectivity index (χ4v) is 3.06. The number of likely N-dealkylation sites (tertiary alicyclic amines) is 1. The Balaban J connectivity index is 1.99. The standard InChI is InChI=1S/C14H26N4/c1-10-5-11(2)12(3)18(7-10)9-14(15)13-6-16-17(4)8-13/h6,8,10-12,14H,5,7,9,15H2,1-4H3. The minimum absolute atomic E-state index is 0.0682. The molecule has 4 unspecified atom stereocenters. The van der Waals surface area contributed by atoms with Crippen LogP contribution in [0.3, 0.4) is 0 Å².